The monoisotopic (exact) mass is 365 g/mol. The molecule has 1 fully saturated rings. The maximum atomic E-state index is 12.3. The zero-order chi connectivity index (χ0) is 19.1. The van der Waals surface area contributed by atoms with E-state index in [-0.39, 0.29) is 24.4 Å². The molecule has 1 saturated carbocycles. The summed E-state index contributed by atoms with van der Waals surface area (Å²) < 4.78 is 0. The van der Waals surface area contributed by atoms with Crippen molar-refractivity contribution in [2.75, 3.05) is 6.54 Å². The highest BCUT2D eigenvalue weighted by Crippen LogP contribution is 2.41. The van der Waals surface area contributed by atoms with Gasteiger partial charge >= 0.3 is 6.03 Å². The molecule has 0 spiro atoms. The lowest BCUT2D eigenvalue weighted by Crippen LogP contribution is -2.38. The summed E-state index contributed by atoms with van der Waals surface area (Å²) in [6, 6.07) is 17.9. The molecule has 1 aliphatic rings. The Balaban J connectivity index is 1.39. The highest BCUT2D eigenvalue weighted by molar-refractivity contribution is 5.78. The fourth-order valence-electron chi connectivity index (χ4n) is 3.05. The molecule has 3 amide bonds. The third kappa shape index (κ3) is 6.13. The van der Waals surface area contributed by atoms with Crippen molar-refractivity contribution in [1.29, 1.82) is 0 Å². The second-order valence-corrected chi connectivity index (χ2v) is 7.14. The average Bonchev–Trinajstić information content (AvgIpc) is 3.51. The molecule has 1 atom stereocenters. The standard InChI is InChI=1S/C22H27N3O2/c1-16-7-9-18(10-8-16)21(19-11-12-19)25-20(26)13-14-23-22(27)24-15-17-5-3-2-4-6-17/h2-10,19,21H,11-15H2,1H3,(H,25,26)(H2,23,24,27). The second kappa shape index (κ2) is 9.21. The van der Waals surface area contributed by atoms with Crippen molar-refractivity contribution >= 4 is 11.9 Å². The Kier molecular flexibility index (Phi) is 6.47. The van der Waals surface area contributed by atoms with E-state index in [0.29, 0.717) is 19.0 Å². The van der Waals surface area contributed by atoms with Gasteiger partial charge in [0.1, 0.15) is 0 Å². The van der Waals surface area contributed by atoms with Gasteiger partial charge in [0.25, 0.3) is 0 Å². The van der Waals surface area contributed by atoms with Gasteiger partial charge in [-0.15, -0.1) is 0 Å². The molecule has 2 aromatic rings. The molecule has 1 aliphatic carbocycles. The first-order valence-corrected chi connectivity index (χ1v) is 9.53. The van der Waals surface area contributed by atoms with Gasteiger partial charge in [-0.3, -0.25) is 4.79 Å². The van der Waals surface area contributed by atoms with E-state index in [2.05, 4.69) is 47.1 Å². The van der Waals surface area contributed by atoms with Crippen molar-refractivity contribution in [2.24, 2.45) is 5.92 Å². The summed E-state index contributed by atoms with van der Waals surface area (Å²) in [6.07, 6.45) is 2.58. The van der Waals surface area contributed by atoms with Gasteiger partial charge < -0.3 is 16.0 Å². The van der Waals surface area contributed by atoms with E-state index in [0.717, 1.165) is 24.0 Å². The SMILES string of the molecule is Cc1ccc(C(NC(=O)CCNC(=O)NCc2ccccc2)C2CC2)cc1. The third-order valence-corrected chi connectivity index (χ3v) is 4.78. The number of hydrogen-bond acceptors (Lipinski definition) is 2. The maximum absolute atomic E-state index is 12.3. The van der Waals surface area contributed by atoms with E-state index in [1.807, 2.05) is 30.3 Å². The van der Waals surface area contributed by atoms with Crippen LogP contribution in [0.4, 0.5) is 4.79 Å². The molecule has 5 heteroatoms. The van der Waals surface area contributed by atoms with E-state index in [1.54, 1.807) is 0 Å². The molecular weight excluding hydrogens is 338 g/mol. The van der Waals surface area contributed by atoms with Crippen LogP contribution in [0, 0.1) is 12.8 Å². The van der Waals surface area contributed by atoms with E-state index in [4.69, 9.17) is 0 Å². The molecule has 2 aromatic carbocycles. The molecule has 3 rings (SSSR count). The Morgan fingerprint density at radius 2 is 1.70 bits per heavy atom. The van der Waals surface area contributed by atoms with Crippen LogP contribution < -0.4 is 16.0 Å². The van der Waals surface area contributed by atoms with Gasteiger partial charge in [-0.05, 0) is 36.8 Å². The van der Waals surface area contributed by atoms with Crippen LogP contribution in [0.25, 0.3) is 0 Å². The van der Waals surface area contributed by atoms with Crippen LogP contribution in [0.2, 0.25) is 0 Å². The van der Waals surface area contributed by atoms with Crippen molar-refractivity contribution in [3.63, 3.8) is 0 Å². The molecule has 0 bridgehead atoms. The van der Waals surface area contributed by atoms with Crippen LogP contribution >= 0.6 is 0 Å². The molecule has 142 valence electrons. The fraction of sp³-hybridized carbons (Fsp3) is 0.364. The number of nitrogens with one attached hydrogen (secondary N) is 3. The van der Waals surface area contributed by atoms with E-state index >= 15 is 0 Å². The molecule has 0 aliphatic heterocycles. The van der Waals surface area contributed by atoms with Gasteiger partial charge in [0.15, 0.2) is 0 Å². The second-order valence-electron chi connectivity index (χ2n) is 7.14. The maximum Gasteiger partial charge on any atom is 0.315 e. The fourth-order valence-corrected chi connectivity index (χ4v) is 3.05. The largest absolute Gasteiger partial charge is 0.349 e. The van der Waals surface area contributed by atoms with Gasteiger partial charge in [-0.1, -0.05) is 60.2 Å². The van der Waals surface area contributed by atoms with Gasteiger partial charge in [0.05, 0.1) is 6.04 Å². The highest BCUT2D eigenvalue weighted by Gasteiger charge is 2.33. The lowest BCUT2D eigenvalue weighted by Gasteiger charge is -2.19. The number of benzene rings is 2. The molecule has 0 heterocycles. The van der Waals surface area contributed by atoms with Crippen molar-refractivity contribution in [1.82, 2.24) is 16.0 Å². The van der Waals surface area contributed by atoms with E-state index in [9.17, 15) is 9.59 Å². The summed E-state index contributed by atoms with van der Waals surface area (Å²) in [6.45, 7) is 2.84. The summed E-state index contributed by atoms with van der Waals surface area (Å²) in [4.78, 5) is 24.1. The Morgan fingerprint density at radius 1 is 1.00 bits per heavy atom. The Bertz CT molecular complexity index is 755. The minimum atomic E-state index is -0.260. The molecule has 27 heavy (non-hydrogen) atoms. The van der Waals surface area contributed by atoms with Crippen LogP contribution in [0.5, 0.6) is 0 Å². The molecular formula is C22H27N3O2. The molecule has 0 aromatic heterocycles. The molecule has 0 saturated heterocycles. The van der Waals surface area contributed by atoms with Gasteiger partial charge in [0.2, 0.25) is 5.91 Å². The van der Waals surface area contributed by atoms with Gasteiger partial charge in [0, 0.05) is 19.5 Å². The van der Waals surface area contributed by atoms with Crippen molar-refractivity contribution < 1.29 is 9.59 Å². The number of carbonyl (C=O) groups excluding carboxylic acids is 2. The minimum Gasteiger partial charge on any atom is -0.349 e. The predicted molar refractivity (Wildman–Crippen MR) is 106 cm³/mol. The summed E-state index contributed by atoms with van der Waals surface area (Å²) in [5, 5.41) is 8.66. The molecule has 0 radical (unpaired) electrons. The topological polar surface area (TPSA) is 70.2 Å². The quantitative estimate of drug-likeness (QED) is 0.670. The Morgan fingerprint density at radius 3 is 2.37 bits per heavy atom. The number of urea groups is 1. The number of aryl methyl sites for hydroxylation is 1. The lowest BCUT2D eigenvalue weighted by molar-refractivity contribution is -0.121. The molecule has 3 N–H and O–H groups in total. The van der Waals surface area contributed by atoms with Gasteiger partial charge in [-0.2, -0.15) is 0 Å². The predicted octanol–water partition coefficient (Wildman–Crippen LogP) is 3.45. The molecule has 5 nitrogen and oxygen atoms in total. The summed E-state index contributed by atoms with van der Waals surface area (Å²) in [5.41, 5.74) is 3.41. The van der Waals surface area contributed by atoms with Crippen molar-refractivity contribution in [3.8, 4) is 0 Å². The average molecular weight is 365 g/mol. The third-order valence-electron chi connectivity index (χ3n) is 4.78. The van der Waals surface area contributed by atoms with Crippen LogP contribution in [-0.4, -0.2) is 18.5 Å². The highest BCUT2D eigenvalue weighted by atomic mass is 16.2. The summed E-state index contributed by atoms with van der Waals surface area (Å²) in [5.74, 6) is 0.495. The Labute approximate surface area is 160 Å². The molecule has 1 unspecified atom stereocenters. The number of amides is 3. The zero-order valence-electron chi connectivity index (χ0n) is 15.7. The van der Waals surface area contributed by atoms with Crippen LogP contribution in [0.1, 0.15) is 42.0 Å². The van der Waals surface area contributed by atoms with Crippen LogP contribution in [0.15, 0.2) is 54.6 Å². The minimum absolute atomic E-state index is 0.0316. The number of hydrogen-bond donors (Lipinski definition) is 3. The van der Waals surface area contributed by atoms with Crippen molar-refractivity contribution in [3.05, 3.63) is 71.3 Å². The smallest absolute Gasteiger partial charge is 0.315 e. The van der Waals surface area contributed by atoms with Gasteiger partial charge in [-0.25, -0.2) is 4.79 Å². The summed E-state index contributed by atoms with van der Waals surface area (Å²) in [7, 11) is 0. The number of carbonyl (C=O) groups is 2. The summed E-state index contributed by atoms with van der Waals surface area (Å²) >= 11 is 0. The van der Waals surface area contributed by atoms with Crippen LogP contribution in [-0.2, 0) is 11.3 Å². The van der Waals surface area contributed by atoms with Crippen molar-refractivity contribution in [2.45, 2.75) is 38.8 Å². The van der Waals surface area contributed by atoms with E-state index < -0.39 is 0 Å². The first-order valence-electron chi connectivity index (χ1n) is 9.53. The zero-order valence-corrected chi connectivity index (χ0v) is 15.7. The number of rotatable bonds is 8. The first kappa shape index (κ1) is 19.0. The lowest BCUT2D eigenvalue weighted by atomic mass is 10.0. The van der Waals surface area contributed by atoms with Crippen LogP contribution in [0.3, 0.4) is 0 Å². The normalized spacial score (nSPS) is 14.3. The Hall–Kier alpha value is -2.82. The van der Waals surface area contributed by atoms with E-state index in [1.165, 1.54) is 5.56 Å². The first-order chi connectivity index (χ1) is 13.1.